The Bertz CT molecular complexity index is 668. The molecule has 1 amide bonds. The first-order valence-electron chi connectivity index (χ1n) is 5.96. The van der Waals surface area contributed by atoms with Crippen LogP contribution in [0.25, 0.3) is 0 Å². The molecule has 2 aromatic rings. The molecule has 0 bridgehead atoms. The highest BCUT2D eigenvalue weighted by atomic mass is 35.5. The summed E-state index contributed by atoms with van der Waals surface area (Å²) >= 11 is 5.93. The molecule has 2 aromatic carbocycles. The van der Waals surface area contributed by atoms with Gasteiger partial charge in [0.25, 0.3) is 5.91 Å². The predicted molar refractivity (Wildman–Crippen MR) is 79.2 cm³/mol. The molecular weight excluding hydrogens is 276 g/mol. The van der Waals surface area contributed by atoms with E-state index in [2.05, 4.69) is 10.5 Å². The standard InChI is InChI=1S/C15H13ClN2O2/c1-10(11-5-4-6-12(19)9-11)17-18-15(20)13-7-2-3-8-14(13)16/h2-9,19H,1H3,(H,18,20). The molecule has 0 radical (unpaired) electrons. The number of halogens is 1. The summed E-state index contributed by atoms with van der Waals surface area (Å²) in [4.78, 5) is 11.9. The molecule has 0 atom stereocenters. The summed E-state index contributed by atoms with van der Waals surface area (Å²) in [5.41, 5.74) is 4.11. The quantitative estimate of drug-likeness (QED) is 0.673. The van der Waals surface area contributed by atoms with Gasteiger partial charge >= 0.3 is 0 Å². The number of rotatable bonds is 3. The third-order valence-electron chi connectivity index (χ3n) is 2.71. The molecule has 0 aliphatic rings. The minimum atomic E-state index is -0.380. The lowest BCUT2D eigenvalue weighted by Gasteiger charge is -2.04. The molecule has 0 aromatic heterocycles. The van der Waals surface area contributed by atoms with Gasteiger partial charge in [-0.3, -0.25) is 4.79 Å². The van der Waals surface area contributed by atoms with Gasteiger partial charge < -0.3 is 5.11 Å². The Balaban J connectivity index is 2.13. The van der Waals surface area contributed by atoms with Crippen molar-refractivity contribution in [1.82, 2.24) is 5.43 Å². The van der Waals surface area contributed by atoms with Gasteiger partial charge in [-0.2, -0.15) is 5.10 Å². The van der Waals surface area contributed by atoms with E-state index in [9.17, 15) is 9.90 Å². The number of carbonyl (C=O) groups is 1. The minimum Gasteiger partial charge on any atom is -0.508 e. The van der Waals surface area contributed by atoms with Gasteiger partial charge in [0.15, 0.2) is 0 Å². The van der Waals surface area contributed by atoms with Crippen LogP contribution in [0.4, 0.5) is 0 Å². The molecule has 2 N–H and O–H groups in total. The van der Waals surface area contributed by atoms with Crippen molar-refractivity contribution in [3.8, 4) is 5.75 Å². The lowest BCUT2D eigenvalue weighted by molar-refractivity contribution is 0.0955. The average Bonchev–Trinajstić information content (AvgIpc) is 2.45. The van der Waals surface area contributed by atoms with Crippen LogP contribution >= 0.6 is 11.6 Å². The van der Waals surface area contributed by atoms with E-state index in [0.29, 0.717) is 16.3 Å². The van der Waals surface area contributed by atoms with E-state index >= 15 is 0 Å². The first-order chi connectivity index (χ1) is 9.58. The van der Waals surface area contributed by atoms with Crippen LogP contribution in [-0.2, 0) is 0 Å². The number of nitrogens with zero attached hydrogens (tertiary/aromatic N) is 1. The van der Waals surface area contributed by atoms with Crippen molar-refractivity contribution < 1.29 is 9.90 Å². The molecule has 0 fully saturated rings. The maximum atomic E-state index is 11.9. The summed E-state index contributed by atoms with van der Waals surface area (Å²) in [6.45, 7) is 1.74. The van der Waals surface area contributed by atoms with Crippen molar-refractivity contribution in [3.05, 3.63) is 64.7 Å². The molecule has 0 saturated heterocycles. The van der Waals surface area contributed by atoms with Crippen molar-refractivity contribution in [2.75, 3.05) is 0 Å². The number of phenols is 1. The van der Waals surface area contributed by atoms with Crippen LogP contribution in [0, 0.1) is 0 Å². The molecule has 0 unspecified atom stereocenters. The fraction of sp³-hybridized carbons (Fsp3) is 0.0667. The summed E-state index contributed by atoms with van der Waals surface area (Å²) in [5, 5.41) is 13.8. The summed E-state index contributed by atoms with van der Waals surface area (Å²) in [5.74, 6) is -0.232. The lowest BCUT2D eigenvalue weighted by Crippen LogP contribution is -2.19. The zero-order valence-electron chi connectivity index (χ0n) is 10.8. The summed E-state index contributed by atoms with van der Waals surface area (Å²) in [6.07, 6.45) is 0. The van der Waals surface area contributed by atoms with Gasteiger partial charge in [-0.25, -0.2) is 5.43 Å². The van der Waals surface area contributed by atoms with Gasteiger partial charge in [0.1, 0.15) is 5.75 Å². The number of benzene rings is 2. The highest BCUT2D eigenvalue weighted by molar-refractivity contribution is 6.33. The van der Waals surface area contributed by atoms with E-state index in [-0.39, 0.29) is 11.7 Å². The van der Waals surface area contributed by atoms with Crippen LogP contribution in [0.3, 0.4) is 0 Å². The maximum absolute atomic E-state index is 11.9. The Morgan fingerprint density at radius 2 is 1.95 bits per heavy atom. The first kappa shape index (κ1) is 14.1. The van der Waals surface area contributed by atoms with Gasteiger partial charge in [0.2, 0.25) is 0 Å². The molecule has 5 heteroatoms. The third-order valence-corrected chi connectivity index (χ3v) is 3.04. The number of hydrogen-bond acceptors (Lipinski definition) is 3. The van der Waals surface area contributed by atoms with Crippen LogP contribution in [0.5, 0.6) is 5.75 Å². The maximum Gasteiger partial charge on any atom is 0.272 e. The largest absolute Gasteiger partial charge is 0.508 e. The van der Waals surface area contributed by atoms with Gasteiger partial charge in [-0.15, -0.1) is 0 Å². The van der Waals surface area contributed by atoms with Gasteiger partial charge in [-0.1, -0.05) is 35.9 Å². The minimum absolute atomic E-state index is 0.148. The monoisotopic (exact) mass is 288 g/mol. The van der Waals surface area contributed by atoms with Gasteiger partial charge in [0, 0.05) is 5.56 Å². The molecular formula is C15H13ClN2O2. The molecule has 0 saturated carbocycles. The number of nitrogens with one attached hydrogen (secondary N) is 1. The molecule has 20 heavy (non-hydrogen) atoms. The van der Waals surface area contributed by atoms with Crippen LogP contribution in [0.1, 0.15) is 22.8 Å². The molecule has 4 nitrogen and oxygen atoms in total. The average molecular weight is 289 g/mol. The second-order valence-corrected chi connectivity index (χ2v) is 4.58. The van der Waals surface area contributed by atoms with E-state index in [0.717, 1.165) is 5.56 Å². The summed E-state index contributed by atoms with van der Waals surface area (Å²) < 4.78 is 0. The Morgan fingerprint density at radius 3 is 2.65 bits per heavy atom. The van der Waals surface area contributed by atoms with Crippen molar-refractivity contribution >= 4 is 23.2 Å². The summed E-state index contributed by atoms with van der Waals surface area (Å²) in [7, 11) is 0. The fourth-order valence-electron chi connectivity index (χ4n) is 1.64. The Morgan fingerprint density at radius 1 is 1.20 bits per heavy atom. The zero-order valence-corrected chi connectivity index (χ0v) is 11.6. The van der Waals surface area contributed by atoms with Crippen LogP contribution in [-0.4, -0.2) is 16.7 Å². The number of carbonyl (C=O) groups excluding carboxylic acids is 1. The second-order valence-electron chi connectivity index (χ2n) is 4.17. The number of hydrogen-bond donors (Lipinski definition) is 2. The highest BCUT2D eigenvalue weighted by Gasteiger charge is 2.08. The lowest BCUT2D eigenvalue weighted by atomic mass is 10.1. The number of amides is 1. The van der Waals surface area contributed by atoms with E-state index in [1.807, 2.05) is 0 Å². The Kier molecular flexibility index (Phi) is 4.38. The van der Waals surface area contributed by atoms with E-state index < -0.39 is 0 Å². The normalized spacial score (nSPS) is 11.2. The molecule has 0 aliphatic carbocycles. The van der Waals surface area contributed by atoms with Crippen molar-refractivity contribution in [2.24, 2.45) is 5.10 Å². The number of hydrazone groups is 1. The topological polar surface area (TPSA) is 61.7 Å². The van der Waals surface area contributed by atoms with Crippen molar-refractivity contribution in [1.29, 1.82) is 0 Å². The predicted octanol–water partition coefficient (Wildman–Crippen LogP) is 3.20. The SMILES string of the molecule is CC(=NNC(=O)c1ccccc1Cl)c1cccc(O)c1. The first-order valence-corrected chi connectivity index (χ1v) is 6.34. The molecule has 102 valence electrons. The van der Waals surface area contributed by atoms with Crippen molar-refractivity contribution in [2.45, 2.75) is 6.92 Å². The Hall–Kier alpha value is -2.33. The van der Waals surface area contributed by atoms with Crippen LogP contribution < -0.4 is 5.43 Å². The van der Waals surface area contributed by atoms with Crippen LogP contribution in [0.2, 0.25) is 5.02 Å². The fourth-order valence-corrected chi connectivity index (χ4v) is 1.86. The van der Waals surface area contributed by atoms with E-state index in [1.54, 1.807) is 55.5 Å². The van der Waals surface area contributed by atoms with E-state index in [4.69, 9.17) is 11.6 Å². The van der Waals surface area contributed by atoms with Crippen LogP contribution in [0.15, 0.2) is 53.6 Å². The van der Waals surface area contributed by atoms with Crippen molar-refractivity contribution in [3.63, 3.8) is 0 Å². The van der Waals surface area contributed by atoms with Gasteiger partial charge in [0.05, 0.1) is 16.3 Å². The second kappa shape index (κ2) is 6.21. The smallest absolute Gasteiger partial charge is 0.272 e. The molecule has 0 spiro atoms. The van der Waals surface area contributed by atoms with Gasteiger partial charge in [-0.05, 0) is 31.2 Å². The number of phenolic OH excluding ortho intramolecular Hbond substituents is 1. The molecule has 0 aliphatic heterocycles. The molecule has 0 heterocycles. The zero-order chi connectivity index (χ0) is 14.5. The van der Waals surface area contributed by atoms with E-state index in [1.165, 1.54) is 0 Å². The number of aromatic hydroxyl groups is 1. The highest BCUT2D eigenvalue weighted by Crippen LogP contribution is 2.15. The summed E-state index contributed by atoms with van der Waals surface area (Å²) in [6, 6.07) is 13.4. The third kappa shape index (κ3) is 3.36. The Labute approximate surface area is 121 Å². The molecule has 2 rings (SSSR count).